The molecule has 4 heteroatoms. The maximum atomic E-state index is 11.5. The standard InChI is InChI=1S/C13H15NO3/c1-9-2-4-10(5-3-9)12(8-14(16)17)11-6-7-13(11)15/h2-5,11-12H,6-8H2,1H3/t11-,12-/m0/s1. The lowest BCUT2D eigenvalue weighted by molar-refractivity contribution is -0.484. The number of rotatable bonds is 4. The van der Waals surface area contributed by atoms with Crippen LogP contribution in [0.5, 0.6) is 0 Å². The number of hydrogen-bond acceptors (Lipinski definition) is 3. The molecule has 2 rings (SSSR count). The van der Waals surface area contributed by atoms with Crippen LogP contribution in [-0.4, -0.2) is 17.3 Å². The van der Waals surface area contributed by atoms with Crippen molar-refractivity contribution >= 4 is 5.78 Å². The Hall–Kier alpha value is -1.71. The van der Waals surface area contributed by atoms with Crippen molar-refractivity contribution in [3.8, 4) is 0 Å². The molecule has 1 aliphatic carbocycles. The van der Waals surface area contributed by atoms with Gasteiger partial charge in [-0.1, -0.05) is 29.8 Å². The molecule has 0 unspecified atom stereocenters. The van der Waals surface area contributed by atoms with E-state index in [2.05, 4.69) is 0 Å². The first-order chi connectivity index (χ1) is 8.08. The number of nitrogens with zero attached hydrogens (tertiary/aromatic N) is 1. The Balaban J connectivity index is 2.23. The Kier molecular flexibility index (Phi) is 3.22. The predicted octanol–water partition coefficient (Wildman–Crippen LogP) is 2.33. The van der Waals surface area contributed by atoms with Gasteiger partial charge in [0.05, 0.1) is 5.92 Å². The molecule has 1 aliphatic rings. The van der Waals surface area contributed by atoms with Crippen LogP contribution in [0.25, 0.3) is 0 Å². The zero-order valence-electron chi connectivity index (χ0n) is 9.76. The second-order valence-corrected chi connectivity index (χ2v) is 4.64. The zero-order valence-corrected chi connectivity index (χ0v) is 9.76. The Morgan fingerprint density at radius 3 is 2.47 bits per heavy atom. The van der Waals surface area contributed by atoms with E-state index >= 15 is 0 Å². The number of aryl methyl sites for hydroxylation is 1. The molecule has 0 aliphatic heterocycles. The molecule has 1 aromatic carbocycles. The fraction of sp³-hybridized carbons (Fsp3) is 0.462. The van der Waals surface area contributed by atoms with Crippen LogP contribution < -0.4 is 0 Å². The predicted molar refractivity (Wildman–Crippen MR) is 63.5 cm³/mol. The normalized spacial score (nSPS) is 20.8. The molecule has 0 saturated heterocycles. The third-order valence-corrected chi connectivity index (χ3v) is 3.45. The number of nitro groups is 1. The molecule has 0 heterocycles. The van der Waals surface area contributed by atoms with E-state index < -0.39 is 0 Å². The van der Waals surface area contributed by atoms with Gasteiger partial charge in [0.2, 0.25) is 6.54 Å². The quantitative estimate of drug-likeness (QED) is 0.592. The zero-order chi connectivity index (χ0) is 12.4. The van der Waals surface area contributed by atoms with Crippen LogP contribution in [0.4, 0.5) is 0 Å². The number of carbonyl (C=O) groups excluding carboxylic acids is 1. The van der Waals surface area contributed by atoms with Crippen molar-refractivity contribution in [1.82, 2.24) is 0 Å². The molecule has 17 heavy (non-hydrogen) atoms. The molecule has 90 valence electrons. The average Bonchev–Trinajstić information content (AvgIpc) is 2.26. The first-order valence-corrected chi connectivity index (χ1v) is 5.79. The SMILES string of the molecule is Cc1ccc([C@H](C[N+](=O)[O-])[C@@H]2CCC2=O)cc1. The molecule has 1 fully saturated rings. The van der Waals surface area contributed by atoms with E-state index in [0.717, 1.165) is 17.5 Å². The molecule has 0 aromatic heterocycles. The molecule has 0 spiro atoms. The summed E-state index contributed by atoms with van der Waals surface area (Å²) in [5, 5.41) is 10.7. The summed E-state index contributed by atoms with van der Waals surface area (Å²) >= 11 is 0. The first kappa shape index (κ1) is 11.8. The van der Waals surface area contributed by atoms with Gasteiger partial charge in [-0.2, -0.15) is 0 Å². The van der Waals surface area contributed by atoms with E-state index in [1.165, 1.54) is 0 Å². The van der Waals surface area contributed by atoms with Crippen molar-refractivity contribution < 1.29 is 9.72 Å². The average molecular weight is 233 g/mol. The number of Topliss-reactive ketones (excluding diaryl/α,β-unsaturated/α-hetero) is 1. The summed E-state index contributed by atoms with van der Waals surface area (Å²) in [5.74, 6) is -0.243. The van der Waals surface area contributed by atoms with Gasteiger partial charge >= 0.3 is 0 Å². The van der Waals surface area contributed by atoms with Crippen LogP contribution in [0.3, 0.4) is 0 Å². The lowest BCUT2D eigenvalue weighted by atomic mass is 9.72. The van der Waals surface area contributed by atoms with Crippen molar-refractivity contribution in [2.24, 2.45) is 5.92 Å². The Morgan fingerprint density at radius 2 is 2.06 bits per heavy atom. The van der Waals surface area contributed by atoms with Crippen LogP contribution in [-0.2, 0) is 4.79 Å². The summed E-state index contributed by atoms with van der Waals surface area (Å²) in [6, 6.07) is 7.67. The van der Waals surface area contributed by atoms with Gasteiger partial charge < -0.3 is 0 Å². The van der Waals surface area contributed by atoms with Crippen molar-refractivity contribution in [1.29, 1.82) is 0 Å². The molecule has 0 amide bonds. The smallest absolute Gasteiger partial charge is 0.211 e. The van der Waals surface area contributed by atoms with E-state index in [1.807, 2.05) is 31.2 Å². The maximum Gasteiger partial charge on any atom is 0.211 e. The van der Waals surface area contributed by atoms with Crippen molar-refractivity contribution in [3.63, 3.8) is 0 Å². The summed E-state index contributed by atoms with van der Waals surface area (Å²) in [6.45, 7) is 1.82. The molecule has 1 saturated carbocycles. The fourth-order valence-electron chi connectivity index (χ4n) is 2.29. The maximum absolute atomic E-state index is 11.5. The number of benzene rings is 1. The fourth-order valence-corrected chi connectivity index (χ4v) is 2.29. The third-order valence-electron chi connectivity index (χ3n) is 3.45. The molecule has 0 radical (unpaired) electrons. The van der Waals surface area contributed by atoms with Crippen LogP contribution in [0.15, 0.2) is 24.3 Å². The van der Waals surface area contributed by atoms with Gasteiger partial charge in [-0.3, -0.25) is 14.9 Å². The molecule has 0 N–H and O–H groups in total. The van der Waals surface area contributed by atoms with Crippen LogP contribution in [0.1, 0.15) is 29.9 Å². The highest BCUT2D eigenvalue weighted by molar-refractivity contribution is 5.87. The van der Waals surface area contributed by atoms with Gasteiger partial charge in [0, 0.05) is 17.3 Å². The third kappa shape index (κ3) is 2.52. The van der Waals surface area contributed by atoms with Crippen molar-refractivity contribution in [3.05, 3.63) is 45.5 Å². The van der Waals surface area contributed by atoms with E-state index in [1.54, 1.807) is 0 Å². The Bertz CT molecular complexity index is 438. The second kappa shape index (κ2) is 4.65. The lowest BCUT2D eigenvalue weighted by Crippen LogP contribution is -2.34. The minimum atomic E-state index is -0.323. The van der Waals surface area contributed by atoms with Crippen molar-refractivity contribution in [2.75, 3.05) is 6.54 Å². The van der Waals surface area contributed by atoms with E-state index in [4.69, 9.17) is 0 Å². The van der Waals surface area contributed by atoms with Gasteiger partial charge in [0.1, 0.15) is 5.78 Å². The summed E-state index contributed by atoms with van der Waals surface area (Å²) in [5.41, 5.74) is 2.03. The minimum Gasteiger partial charge on any atom is -0.299 e. The van der Waals surface area contributed by atoms with Gasteiger partial charge in [-0.15, -0.1) is 0 Å². The number of carbonyl (C=O) groups is 1. The molecular formula is C13H15NO3. The molecule has 1 aromatic rings. The first-order valence-electron chi connectivity index (χ1n) is 5.79. The molecule has 0 bridgehead atoms. The number of hydrogen-bond donors (Lipinski definition) is 0. The highest BCUT2D eigenvalue weighted by Gasteiger charge is 2.38. The Labute approximate surface area is 99.8 Å². The van der Waals surface area contributed by atoms with E-state index in [0.29, 0.717) is 6.42 Å². The summed E-state index contributed by atoms with van der Waals surface area (Å²) in [7, 11) is 0. The summed E-state index contributed by atoms with van der Waals surface area (Å²) in [4.78, 5) is 21.8. The lowest BCUT2D eigenvalue weighted by Gasteiger charge is -2.30. The highest BCUT2D eigenvalue weighted by Crippen LogP contribution is 2.36. The molecule has 2 atom stereocenters. The van der Waals surface area contributed by atoms with Crippen LogP contribution in [0, 0.1) is 23.0 Å². The topological polar surface area (TPSA) is 60.2 Å². The molecule has 4 nitrogen and oxygen atoms in total. The van der Waals surface area contributed by atoms with Gasteiger partial charge in [-0.05, 0) is 18.9 Å². The number of ketones is 1. The summed E-state index contributed by atoms with van der Waals surface area (Å²) in [6.07, 6.45) is 1.36. The Morgan fingerprint density at radius 1 is 1.41 bits per heavy atom. The van der Waals surface area contributed by atoms with Gasteiger partial charge in [0.15, 0.2) is 0 Å². The summed E-state index contributed by atoms with van der Waals surface area (Å²) < 4.78 is 0. The minimum absolute atomic E-state index is 0.150. The van der Waals surface area contributed by atoms with E-state index in [9.17, 15) is 14.9 Å². The van der Waals surface area contributed by atoms with Crippen LogP contribution >= 0.6 is 0 Å². The van der Waals surface area contributed by atoms with Gasteiger partial charge in [0.25, 0.3) is 0 Å². The second-order valence-electron chi connectivity index (χ2n) is 4.64. The van der Waals surface area contributed by atoms with Gasteiger partial charge in [-0.25, -0.2) is 0 Å². The largest absolute Gasteiger partial charge is 0.299 e. The monoisotopic (exact) mass is 233 g/mol. The van der Waals surface area contributed by atoms with E-state index in [-0.39, 0.29) is 29.1 Å². The highest BCUT2D eigenvalue weighted by atomic mass is 16.6. The van der Waals surface area contributed by atoms with Crippen LogP contribution in [0.2, 0.25) is 0 Å². The van der Waals surface area contributed by atoms with Crippen molar-refractivity contribution in [2.45, 2.75) is 25.7 Å². The molecular weight excluding hydrogens is 218 g/mol.